The highest BCUT2D eigenvalue weighted by molar-refractivity contribution is 7.25. The summed E-state index contributed by atoms with van der Waals surface area (Å²) in [6.07, 6.45) is 2.07. The van der Waals surface area contributed by atoms with E-state index in [2.05, 4.69) is 36.1 Å². The predicted molar refractivity (Wildman–Crippen MR) is 119 cm³/mol. The molecule has 2 aromatic heterocycles. The maximum atomic E-state index is 13.1. The molecule has 0 saturated carbocycles. The monoisotopic (exact) mass is 412 g/mol. The number of benzene rings is 1. The fraction of sp³-hybridized carbons (Fsp3) is 0.500. The molecule has 1 aromatic carbocycles. The molecule has 154 valence electrons. The quantitative estimate of drug-likeness (QED) is 0.698. The molecule has 1 aliphatic rings. The van der Waals surface area contributed by atoms with Gasteiger partial charge in [0, 0.05) is 28.1 Å². The minimum atomic E-state index is -0.181. The summed E-state index contributed by atoms with van der Waals surface area (Å²) in [4.78, 5) is 28.2. The molecule has 0 radical (unpaired) electrons. The van der Waals surface area contributed by atoms with Gasteiger partial charge in [-0.3, -0.25) is 9.59 Å². The second-order valence-corrected chi connectivity index (χ2v) is 9.16. The Labute approximate surface area is 174 Å². The molecule has 6 nitrogen and oxygen atoms in total. The van der Waals surface area contributed by atoms with Crippen molar-refractivity contribution < 1.29 is 4.79 Å². The van der Waals surface area contributed by atoms with E-state index in [1.807, 2.05) is 24.3 Å². The third kappa shape index (κ3) is 3.94. The van der Waals surface area contributed by atoms with Crippen molar-refractivity contribution >= 4 is 37.4 Å². The smallest absolute Gasteiger partial charge is 0.285 e. The molecule has 0 unspecified atom stereocenters. The Morgan fingerprint density at radius 1 is 1.34 bits per heavy atom. The van der Waals surface area contributed by atoms with Crippen LogP contribution >= 0.6 is 11.3 Å². The van der Waals surface area contributed by atoms with E-state index in [1.165, 1.54) is 16.0 Å². The summed E-state index contributed by atoms with van der Waals surface area (Å²) in [5.41, 5.74) is 0.694. The lowest BCUT2D eigenvalue weighted by Gasteiger charge is -2.32. The van der Waals surface area contributed by atoms with Crippen LogP contribution in [-0.2, 0) is 11.3 Å². The average molecular weight is 413 g/mol. The van der Waals surface area contributed by atoms with E-state index < -0.39 is 0 Å². The summed E-state index contributed by atoms with van der Waals surface area (Å²) < 4.78 is 3.11. The third-order valence-corrected chi connectivity index (χ3v) is 6.83. The van der Waals surface area contributed by atoms with Gasteiger partial charge in [-0.2, -0.15) is 5.10 Å². The van der Waals surface area contributed by atoms with Gasteiger partial charge in [0.15, 0.2) is 0 Å². The van der Waals surface area contributed by atoms with Gasteiger partial charge in [0.2, 0.25) is 5.91 Å². The van der Waals surface area contributed by atoms with Gasteiger partial charge < -0.3 is 10.2 Å². The second-order valence-electron chi connectivity index (χ2n) is 8.10. The predicted octanol–water partition coefficient (Wildman–Crippen LogP) is 3.34. The number of nitrogens with one attached hydrogen (secondary N) is 1. The van der Waals surface area contributed by atoms with Gasteiger partial charge in [-0.15, -0.1) is 11.3 Å². The molecule has 0 bridgehead atoms. The first-order valence-electron chi connectivity index (χ1n) is 10.4. The molecule has 29 heavy (non-hydrogen) atoms. The van der Waals surface area contributed by atoms with Crippen LogP contribution in [0.2, 0.25) is 0 Å². The van der Waals surface area contributed by atoms with Crippen LogP contribution in [0.15, 0.2) is 29.1 Å². The van der Waals surface area contributed by atoms with E-state index in [1.54, 1.807) is 0 Å². The maximum Gasteiger partial charge on any atom is 0.285 e. The molecule has 1 amide bonds. The van der Waals surface area contributed by atoms with Crippen molar-refractivity contribution in [2.45, 2.75) is 52.1 Å². The number of hydrogen-bond donors (Lipinski definition) is 1. The highest BCUT2D eigenvalue weighted by Gasteiger charge is 2.22. The molecule has 1 saturated heterocycles. The van der Waals surface area contributed by atoms with Crippen LogP contribution in [-0.4, -0.2) is 46.3 Å². The van der Waals surface area contributed by atoms with Crippen LogP contribution in [0.25, 0.3) is 20.2 Å². The summed E-state index contributed by atoms with van der Waals surface area (Å²) in [6, 6.07) is 8.19. The molecule has 4 rings (SSSR count). The largest absolute Gasteiger partial charge is 0.350 e. The minimum Gasteiger partial charge on any atom is -0.350 e. The highest BCUT2D eigenvalue weighted by Crippen LogP contribution is 2.35. The highest BCUT2D eigenvalue weighted by atomic mass is 32.1. The molecule has 1 fully saturated rings. The van der Waals surface area contributed by atoms with Crippen LogP contribution in [0.5, 0.6) is 0 Å². The van der Waals surface area contributed by atoms with E-state index >= 15 is 0 Å². The van der Waals surface area contributed by atoms with Crippen molar-refractivity contribution in [3.63, 3.8) is 0 Å². The van der Waals surface area contributed by atoms with Crippen LogP contribution < -0.4 is 10.9 Å². The number of aromatic nitrogens is 2. The number of carbonyl (C=O) groups is 1. The Morgan fingerprint density at radius 2 is 2.14 bits per heavy atom. The topological polar surface area (TPSA) is 67.2 Å². The minimum absolute atomic E-state index is 0.0363. The number of amides is 1. The van der Waals surface area contributed by atoms with Crippen molar-refractivity contribution in [2.75, 3.05) is 19.6 Å². The molecule has 1 atom stereocenters. The Balaban J connectivity index is 1.65. The lowest BCUT2D eigenvalue weighted by Crippen LogP contribution is -2.48. The van der Waals surface area contributed by atoms with Crippen molar-refractivity contribution in [3.05, 3.63) is 40.3 Å². The first-order chi connectivity index (χ1) is 14.0. The summed E-state index contributed by atoms with van der Waals surface area (Å²) in [5.74, 6) is 0.0135. The average Bonchev–Trinajstić information content (AvgIpc) is 3.10. The Hall–Kier alpha value is -2.25. The third-order valence-electron chi connectivity index (χ3n) is 5.67. The fourth-order valence-electron chi connectivity index (χ4n) is 4.17. The number of hydrogen-bond acceptors (Lipinski definition) is 5. The van der Waals surface area contributed by atoms with Gasteiger partial charge in [0.05, 0.1) is 5.69 Å². The van der Waals surface area contributed by atoms with E-state index in [4.69, 9.17) is 0 Å². The summed E-state index contributed by atoms with van der Waals surface area (Å²) >= 11 is 1.49. The summed E-state index contributed by atoms with van der Waals surface area (Å²) in [7, 11) is 0. The Kier molecular flexibility index (Phi) is 5.69. The molecular weight excluding hydrogens is 384 g/mol. The van der Waals surface area contributed by atoms with Gasteiger partial charge in [0.25, 0.3) is 5.56 Å². The zero-order chi connectivity index (χ0) is 20.5. The normalized spacial score (nSPS) is 18.0. The first-order valence-corrected chi connectivity index (χ1v) is 11.2. The Bertz CT molecular complexity index is 1100. The molecule has 1 aliphatic heterocycles. The van der Waals surface area contributed by atoms with Gasteiger partial charge in [-0.25, -0.2) is 4.68 Å². The number of carbonyl (C=O) groups excluding carboxylic acids is 1. The van der Waals surface area contributed by atoms with Crippen LogP contribution in [0.4, 0.5) is 0 Å². The van der Waals surface area contributed by atoms with Gasteiger partial charge in [-0.1, -0.05) is 39.0 Å². The molecule has 1 N–H and O–H groups in total. The van der Waals surface area contributed by atoms with Gasteiger partial charge >= 0.3 is 0 Å². The number of nitrogens with zero attached hydrogens (tertiary/aromatic N) is 3. The van der Waals surface area contributed by atoms with E-state index in [0.29, 0.717) is 4.70 Å². The molecule has 0 spiro atoms. The zero-order valence-corrected chi connectivity index (χ0v) is 18.1. The van der Waals surface area contributed by atoms with E-state index in [-0.39, 0.29) is 30.0 Å². The molecule has 3 heterocycles. The number of likely N-dealkylation sites (N-methyl/N-ethyl adjacent to an activating group) is 1. The lowest BCUT2D eigenvalue weighted by molar-refractivity contribution is -0.123. The number of piperidine rings is 1. The van der Waals surface area contributed by atoms with E-state index in [9.17, 15) is 9.59 Å². The summed E-state index contributed by atoms with van der Waals surface area (Å²) in [5, 5.41) is 9.74. The van der Waals surface area contributed by atoms with Crippen molar-refractivity contribution in [1.29, 1.82) is 0 Å². The van der Waals surface area contributed by atoms with Gasteiger partial charge in [-0.05, 0) is 37.9 Å². The fourth-order valence-corrected chi connectivity index (χ4v) is 5.33. The second kappa shape index (κ2) is 8.24. The Morgan fingerprint density at radius 3 is 2.90 bits per heavy atom. The number of likely N-dealkylation sites (tertiary alicyclic amines) is 1. The number of fused-ring (bicyclic) bond motifs is 3. The van der Waals surface area contributed by atoms with Crippen molar-refractivity contribution in [2.24, 2.45) is 0 Å². The molecular formula is C22H28N4O2S. The van der Waals surface area contributed by atoms with Crippen LogP contribution in [0, 0.1) is 0 Å². The van der Waals surface area contributed by atoms with Crippen molar-refractivity contribution in [3.8, 4) is 0 Å². The molecule has 7 heteroatoms. The standard InChI is InChI=1S/C22H28N4O2S/c1-4-25-11-7-8-15(12-25)23-18(27)13-26-22(28)21-19(20(24-26)14(2)3)16-9-5-6-10-17(16)29-21/h5-6,9-10,14-15H,4,7-8,11-13H2,1-3H3,(H,23,27)/t15-/m1/s1. The zero-order valence-electron chi connectivity index (χ0n) is 17.3. The van der Waals surface area contributed by atoms with Gasteiger partial charge in [0.1, 0.15) is 11.2 Å². The molecule has 0 aliphatic carbocycles. The lowest BCUT2D eigenvalue weighted by atomic mass is 10.0. The van der Waals surface area contributed by atoms with E-state index in [0.717, 1.165) is 53.6 Å². The SMILES string of the molecule is CCN1CCC[C@@H](NC(=O)Cn2nc(C(C)C)c3c(sc4ccccc43)c2=O)C1. The maximum absolute atomic E-state index is 13.1. The molecule has 3 aromatic rings. The number of thiophene rings is 1. The van der Waals surface area contributed by atoms with Crippen molar-refractivity contribution in [1.82, 2.24) is 20.0 Å². The van der Waals surface area contributed by atoms with Crippen LogP contribution in [0.3, 0.4) is 0 Å². The number of rotatable bonds is 5. The summed E-state index contributed by atoms with van der Waals surface area (Å²) in [6.45, 7) is 9.21. The van der Waals surface area contributed by atoms with Crippen LogP contribution in [0.1, 0.15) is 45.2 Å². The first kappa shape index (κ1) is 20.0.